The molecule has 2 aromatic rings. The zero-order valence-corrected chi connectivity index (χ0v) is 15.1. The molecule has 8 heteroatoms. The Kier molecular flexibility index (Phi) is 6.87. The van der Waals surface area contributed by atoms with Crippen LogP contribution in [-0.4, -0.2) is 30.0 Å². The fourth-order valence-electron chi connectivity index (χ4n) is 2.40. The van der Waals surface area contributed by atoms with Crippen LogP contribution in [0.2, 0.25) is 0 Å². The van der Waals surface area contributed by atoms with E-state index in [-0.39, 0.29) is 12.3 Å². The number of esters is 1. The first kappa shape index (κ1) is 19.9. The fourth-order valence-corrected chi connectivity index (χ4v) is 2.40. The summed E-state index contributed by atoms with van der Waals surface area (Å²) in [5.41, 5.74) is 1.47. The maximum absolute atomic E-state index is 11.9. The largest absolute Gasteiger partial charge is 0.482 e. The number of nitrogens with zero attached hydrogens (tertiary/aromatic N) is 1. The molecule has 1 N–H and O–H groups in total. The SMILES string of the molecule is CCc1ccccc1OCC(=O)OCC(=O)Nc1cccc([N+](=O)[O-])c1C. The van der Waals surface area contributed by atoms with Gasteiger partial charge in [-0.1, -0.05) is 31.2 Å². The van der Waals surface area contributed by atoms with Crippen molar-refractivity contribution in [3.8, 4) is 5.75 Å². The molecule has 0 saturated carbocycles. The highest BCUT2D eigenvalue weighted by Crippen LogP contribution is 2.24. The standard InChI is InChI=1S/C19H20N2O6/c1-3-14-7-4-5-10-17(14)26-12-19(23)27-11-18(22)20-15-8-6-9-16(13(15)2)21(24)25/h4-10H,3,11-12H2,1-2H3,(H,20,22). The van der Waals surface area contributed by atoms with E-state index in [0.717, 1.165) is 12.0 Å². The molecule has 0 radical (unpaired) electrons. The van der Waals surface area contributed by atoms with E-state index in [1.807, 2.05) is 19.1 Å². The number of nitro benzene ring substituents is 1. The average Bonchev–Trinajstić information content (AvgIpc) is 2.66. The van der Waals surface area contributed by atoms with Crippen LogP contribution in [0.5, 0.6) is 5.75 Å². The predicted octanol–water partition coefficient (Wildman–Crippen LogP) is 3.03. The van der Waals surface area contributed by atoms with Crippen LogP contribution in [-0.2, 0) is 20.7 Å². The molecule has 27 heavy (non-hydrogen) atoms. The van der Waals surface area contributed by atoms with Crippen molar-refractivity contribution in [1.82, 2.24) is 0 Å². The second-order valence-corrected chi connectivity index (χ2v) is 5.67. The minimum Gasteiger partial charge on any atom is -0.482 e. The highest BCUT2D eigenvalue weighted by atomic mass is 16.6. The van der Waals surface area contributed by atoms with Crippen molar-refractivity contribution in [2.45, 2.75) is 20.3 Å². The van der Waals surface area contributed by atoms with Gasteiger partial charge in [0.15, 0.2) is 13.2 Å². The maximum atomic E-state index is 11.9. The first-order valence-electron chi connectivity index (χ1n) is 8.32. The topological polar surface area (TPSA) is 108 Å². The normalized spacial score (nSPS) is 10.1. The van der Waals surface area contributed by atoms with E-state index in [1.54, 1.807) is 12.1 Å². The van der Waals surface area contributed by atoms with Crippen LogP contribution in [0.1, 0.15) is 18.1 Å². The number of hydrogen-bond donors (Lipinski definition) is 1. The van der Waals surface area contributed by atoms with E-state index in [0.29, 0.717) is 17.0 Å². The van der Waals surface area contributed by atoms with Gasteiger partial charge in [0, 0.05) is 6.07 Å². The van der Waals surface area contributed by atoms with Gasteiger partial charge in [0.05, 0.1) is 16.2 Å². The Balaban J connectivity index is 1.84. The number of para-hydroxylation sites is 1. The lowest BCUT2D eigenvalue weighted by molar-refractivity contribution is -0.385. The van der Waals surface area contributed by atoms with Gasteiger partial charge in [0.1, 0.15) is 5.75 Å². The van der Waals surface area contributed by atoms with E-state index in [9.17, 15) is 19.7 Å². The van der Waals surface area contributed by atoms with Crippen LogP contribution in [0.4, 0.5) is 11.4 Å². The van der Waals surface area contributed by atoms with Crippen molar-refractivity contribution in [2.24, 2.45) is 0 Å². The summed E-state index contributed by atoms with van der Waals surface area (Å²) < 4.78 is 10.3. The zero-order valence-electron chi connectivity index (χ0n) is 15.1. The molecule has 0 aliphatic carbocycles. The van der Waals surface area contributed by atoms with Crippen molar-refractivity contribution in [3.05, 3.63) is 63.7 Å². The summed E-state index contributed by atoms with van der Waals surface area (Å²) in [7, 11) is 0. The fraction of sp³-hybridized carbons (Fsp3) is 0.263. The van der Waals surface area contributed by atoms with Gasteiger partial charge in [-0.05, 0) is 31.0 Å². The molecule has 0 aliphatic rings. The molecule has 0 heterocycles. The van der Waals surface area contributed by atoms with E-state index < -0.39 is 23.4 Å². The molecule has 2 rings (SSSR count). The molecule has 0 saturated heterocycles. The molecule has 0 aromatic heterocycles. The predicted molar refractivity (Wildman–Crippen MR) is 98.7 cm³/mol. The van der Waals surface area contributed by atoms with Crippen LogP contribution in [0.3, 0.4) is 0 Å². The first-order chi connectivity index (χ1) is 12.9. The van der Waals surface area contributed by atoms with Gasteiger partial charge in [0.25, 0.3) is 11.6 Å². The highest BCUT2D eigenvalue weighted by Gasteiger charge is 2.16. The number of hydrogen-bond acceptors (Lipinski definition) is 6. The molecule has 1 amide bonds. The third-order valence-corrected chi connectivity index (χ3v) is 3.84. The number of nitrogens with one attached hydrogen (secondary N) is 1. The zero-order chi connectivity index (χ0) is 19.8. The van der Waals surface area contributed by atoms with Gasteiger partial charge >= 0.3 is 5.97 Å². The lowest BCUT2D eigenvalue weighted by Gasteiger charge is -2.11. The van der Waals surface area contributed by atoms with E-state index in [4.69, 9.17) is 9.47 Å². The van der Waals surface area contributed by atoms with Crippen molar-refractivity contribution >= 4 is 23.3 Å². The molecule has 0 unspecified atom stereocenters. The number of aryl methyl sites for hydroxylation is 1. The summed E-state index contributed by atoms with van der Waals surface area (Å²) in [5, 5.41) is 13.4. The molecule has 142 valence electrons. The van der Waals surface area contributed by atoms with E-state index in [2.05, 4.69) is 5.32 Å². The number of carbonyl (C=O) groups excluding carboxylic acids is 2. The molecular formula is C19H20N2O6. The summed E-state index contributed by atoms with van der Waals surface area (Å²) in [5.74, 6) is -0.693. The van der Waals surface area contributed by atoms with Crippen molar-refractivity contribution in [2.75, 3.05) is 18.5 Å². The van der Waals surface area contributed by atoms with Crippen LogP contribution in [0, 0.1) is 17.0 Å². The van der Waals surface area contributed by atoms with Crippen molar-refractivity contribution in [3.63, 3.8) is 0 Å². The molecule has 2 aromatic carbocycles. The van der Waals surface area contributed by atoms with Gasteiger partial charge in [0.2, 0.25) is 0 Å². The third kappa shape index (κ3) is 5.53. The smallest absolute Gasteiger partial charge is 0.344 e. The van der Waals surface area contributed by atoms with Gasteiger partial charge in [-0.3, -0.25) is 14.9 Å². The maximum Gasteiger partial charge on any atom is 0.344 e. The number of nitro groups is 1. The summed E-state index contributed by atoms with van der Waals surface area (Å²) in [6, 6.07) is 11.7. The van der Waals surface area contributed by atoms with Crippen molar-refractivity contribution < 1.29 is 24.0 Å². The third-order valence-electron chi connectivity index (χ3n) is 3.84. The van der Waals surface area contributed by atoms with Gasteiger partial charge < -0.3 is 14.8 Å². The Morgan fingerprint density at radius 1 is 1.11 bits per heavy atom. The molecule has 8 nitrogen and oxygen atoms in total. The van der Waals surface area contributed by atoms with Crippen LogP contribution in [0.25, 0.3) is 0 Å². The Hall–Kier alpha value is -3.42. The molecule has 0 fully saturated rings. The highest BCUT2D eigenvalue weighted by molar-refractivity contribution is 5.94. The van der Waals surface area contributed by atoms with E-state index in [1.165, 1.54) is 25.1 Å². The number of amides is 1. The monoisotopic (exact) mass is 372 g/mol. The number of rotatable bonds is 8. The van der Waals surface area contributed by atoms with Crippen molar-refractivity contribution in [1.29, 1.82) is 0 Å². The second kappa shape index (κ2) is 9.33. The number of ether oxygens (including phenoxy) is 2. The minimum absolute atomic E-state index is 0.104. The first-order valence-corrected chi connectivity index (χ1v) is 8.32. The van der Waals surface area contributed by atoms with Crippen LogP contribution < -0.4 is 10.1 Å². The Morgan fingerprint density at radius 2 is 1.85 bits per heavy atom. The number of carbonyl (C=O) groups is 2. The summed E-state index contributed by atoms with van der Waals surface area (Å²) in [4.78, 5) is 34.1. The molecule has 0 atom stereocenters. The number of benzene rings is 2. The average molecular weight is 372 g/mol. The summed E-state index contributed by atoms with van der Waals surface area (Å²) >= 11 is 0. The quantitative estimate of drug-likeness (QED) is 0.433. The lowest BCUT2D eigenvalue weighted by atomic mass is 10.1. The molecule has 0 bridgehead atoms. The second-order valence-electron chi connectivity index (χ2n) is 5.67. The molecule has 0 spiro atoms. The van der Waals surface area contributed by atoms with Gasteiger partial charge in [-0.25, -0.2) is 4.79 Å². The lowest BCUT2D eigenvalue weighted by Crippen LogP contribution is -2.24. The molecular weight excluding hydrogens is 352 g/mol. The number of anilines is 1. The molecule has 0 aliphatic heterocycles. The van der Waals surface area contributed by atoms with Crippen LogP contribution in [0.15, 0.2) is 42.5 Å². The Morgan fingerprint density at radius 3 is 2.56 bits per heavy atom. The van der Waals surface area contributed by atoms with Gasteiger partial charge in [-0.15, -0.1) is 0 Å². The Labute approximate surface area is 156 Å². The summed E-state index contributed by atoms with van der Waals surface area (Å²) in [6.07, 6.45) is 0.760. The van der Waals surface area contributed by atoms with Gasteiger partial charge in [-0.2, -0.15) is 0 Å². The Bertz CT molecular complexity index is 850. The minimum atomic E-state index is -0.688. The van der Waals surface area contributed by atoms with Crippen LogP contribution >= 0.6 is 0 Å². The summed E-state index contributed by atoms with van der Waals surface area (Å²) in [6.45, 7) is 2.67. The van der Waals surface area contributed by atoms with E-state index >= 15 is 0 Å².